The maximum atomic E-state index is 12.4. The molecule has 1 atom stereocenters. The van der Waals surface area contributed by atoms with Crippen molar-refractivity contribution in [3.63, 3.8) is 0 Å². The summed E-state index contributed by atoms with van der Waals surface area (Å²) in [5, 5.41) is 9.99. The molecule has 1 aromatic carbocycles. The molecular weight excluding hydrogens is 252 g/mol. The maximum Gasteiger partial charge on any atom is 0.245 e. The Labute approximate surface area is 107 Å². The zero-order valence-corrected chi connectivity index (χ0v) is 11.2. The lowest BCUT2D eigenvalue weighted by Crippen LogP contribution is -2.48. The van der Waals surface area contributed by atoms with Crippen molar-refractivity contribution in [2.24, 2.45) is 0 Å². The van der Waals surface area contributed by atoms with Crippen molar-refractivity contribution in [2.75, 3.05) is 18.8 Å². The van der Waals surface area contributed by atoms with E-state index in [9.17, 15) is 13.5 Å². The molecule has 1 unspecified atom stereocenters. The number of hydrogen-bond donors (Lipinski definition) is 2. The van der Waals surface area contributed by atoms with Crippen LogP contribution in [0.3, 0.4) is 0 Å². The summed E-state index contributed by atoms with van der Waals surface area (Å²) in [5.74, 6) is 0. The highest BCUT2D eigenvalue weighted by molar-refractivity contribution is 7.89. The molecule has 0 bridgehead atoms. The number of benzene rings is 1. The van der Waals surface area contributed by atoms with Gasteiger partial charge in [0.2, 0.25) is 10.0 Å². The topological polar surface area (TPSA) is 83.6 Å². The van der Waals surface area contributed by atoms with Gasteiger partial charge in [-0.3, -0.25) is 0 Å². The van der Waals surface area contributed by atoms with Gasteiger partial charge < -0.3 is 10.8 Å². The van der Waals surface area contributed by atoms with Crippen LogP contribution in [0.25, 0.3) is 0 Å². The van der Waals surface area contributed by atoms with Gasteiger partial charge in [0.1, 0.15) is 4.90 Å². The van der Waals surface area contributed by atoms with Crippen LogP contribution >= 0.6 is 0 Å². The van der Waals surface area contributed by atoms with Crippen LogP contribution in [0.4, 0.5) is 5.69 Å². The summed E-state index contributed by atoms with van der Waals surface area (Å²) < 4.78 is 26.2. The molecule has 1 aromatic rings. The van der Waals surface area contributed by atoms with Gasteiger partial charge in [-0.25, -0.2) is 8.42 Å². The van der Waals surface area contributed by atoms with E-state index in [2.05, 4.69) is 0 Å². The number of nitrogens with zero attached hydrogens (tertiary/aromatic N) is 1. The zero-order valence-electron chi connectivity index (χ0n) is 10.3. The zero-order chi connectivity index (χ0) is 13.4. The molecule has 0 aliphatic carbocycles. The van der Waals surface area contributed by atoms with Crippen LogP contribution in [-0.2, 0) is 10.0 Å². The molecule has 6 heteroatoms. The lowest BCUT2D eigenvalue weighted by atomic mass is 9.97. The van der Waals surface area contributed by atoms with Crippen LogP contribution in [-0.4, -0.2) is 36.5 Å². The quantitative estimate of drug-likeness (QED) is 0.779. The summed E-state index contributed by atoms with van der Waals surface area (Å²) in [4.78, 5) is 0.114. The highest BCUT2D eigenvalue weighted by Crippen LogP contribution is 2.28. The Hall–Kier alpha value is -1.11. The van der Waals surface area contributed by atoms with Gasteiger partial charge in [-0.05, 0) is 31.9 Å². The van der Waals surface area contributed by atoms with E-state index in [1.807, 2.05) is 0 Å². The molecule has 2 rings (SSSR count). The summed E-state index contributed by atoms with van der Waals surface area (Å²) in [6.07, 6.45) is 1.27. The minimum absolute atomic E-state index is 0.114. The Morgan fingerprint density at radius 1 is 1.39 bits per heavy atom. The summed E-state index contributed by atoms with van der Waals surface area (Å²) in [6, 6.07) is 6.40. The number of anilines is 1. The van der Waals surface area contributed by atoms with Gasteiger partial charge >= 0.3 is 0 Å². The number of piperidine rings is 1. The molecule has 1 saturated heterocycles. The monoisotopic (exact) mass is 270 g/mol. The van der Waals surface area contributed by atoms with Crippen molar-refractivity contribution in [3.8, 4) is 0 Å². The highest BCUT2D eigenvalue weighted by Gasteiger charge is 2.36. The first-order chi connectivity index (χ1) is 8.33. The number of rotatable bonds is 2. The third-order valence-corrected chi connectivity index (χ3v) is 5.10. The predicted molar refractivity (Wildman–Crippen MR) is 69.5 cm³/mol. The summed E-state index contributed by atoms with van der Waals surface area (Å²) >= 11 is 0. The fourth-order valence-corrected chi connectivity index (χ4v) is 3.95. The Bertz CT molecular complexity index is 540. The van der Waals surface area contributed by atoms with E-state index < -0.39 is 15.6 Å². The van der Waals surface area contributed by atoms with Gasteiger partial charge in [0.05, 0.1) is 11.3 Å². The molecule has 100 valence electrons. The number of β-amino-alcohol motifs (C(OH)–C–C–N with tert-alkyl or cyclic N) is 1. The number of hydrogen-bond acceptors (Lipinski definition) is 4. The van der Waals surface area contributed by atoms with Gasteiger partial charge in [0.15, 0.2) is 0 Å². The summed E-state index contributed by atoms with van der Waals surface area (Å²) in [5.41, 5.74) is 4.99. The molecule has 0 spiro atoms. The molecule has 0 radical (unpaired) electrons. The van der Waals surface area contributed by atoms with E-state index in [0.29, 0.717) is 19.4 Å². The van der Waals surface area contributed by atoms with Crippen LogP contribution < -0.4 is 5.73 Å². The molecule has 0 amide bonds. The van der Waals surface area contributed by atoms with Crippen molar-refractivity contribution in [2.45, 2.75) is 30.3 Å². The number of nitrogens with two attached hydrogens (primary N) is 1. The largest absolute Gasteiger partial charge is 0.398 e. The van der Waals surface area contributed by atoms with E-state index in [1.54, 1.807) is 25.1 Å². The minimum atomic E-state index is -3.62. The smallest absolute Gasteiger partial charge is 0.245 e. The van der Waals surface area contributed by atoms with Crippen molar-refractivity contribution in [1.82, 2.24) is 4.31 Å². The lowest BCUT2D eigenvalue weighted by Gasteiger charge is -2.36. The third-order valence-electron chi connectivity index (χ3n) is 3.18. The van der Waals surface area contributed by atoms with E-state index in [1.165, 1.54) is 10.4 Å². The first kappa shape index (κ1) is 13.3. The molecule has 1 aliphatic rings. The molecule has 0 saturated carbocycles. The summed E-state index contributed by atoms with van der Waals surface area (Å²) in [7, 11) is -3.62. The molecule has 1 heterocycles. The third kappa shape index (κ3) is 2.50. The molecule has 18 heavy (non-hydrogen) atoms. The number of nitrogen functional groups attached to an aromatic ring is 1. The Balaban J connectivity index is 2.35. The average molecular weight is 270 g/mol. The molecule has 5 nitrogen and oxygen atoms in total. The number of para-hydroxylation sites is 1. The first-order valence-corrected chi connectivity index (χ1v) is 7.34. The normalized spacial score (nSPS) is 26.1. The molecular formula is C12H18N2O3S. The average Bonchev–Trinajstić information content (AvgIpc) is 2.28. The number of sulfonamides is 1. The van der Waals surface area contributed by atoms with Crippen molar-refractivity contribution < 1.29 is 13.5 Å². The Kier molecular flexibility index (Phi) is 3.35. The van der Waals surface area contributed by atoms with Gasteiger partial charge in [-0.2, -0.15) is 4.31 Å². The SMILES string of the molecule is CC1(O)CCCN(S(=O)(=O)c2ccccc2N)C1. The lowest BCUT2D eigenvalue weighted by molar-refractivity contribution is 0.00941. The Morgan fingerprint density at radius 2 is 2.06 bits per heavy atom. The second-order valence-electron chi connectivity index (χ2n) is 4.98. The number of aliphatic hydroxyl groups is 1. The van der Waals surface area contributed by atoms with Gasteiger partial charge in [0.25, 0.3) is 0 Å². The maximum absolute atomic E-state index is 12.4. The molecule has 1 fully saturated rings. The predicted octanol–water partition coefficient (Wildman–Crippen LogP) is 0.804. The Morgan fingerprint density at radius 3 is 2.67 bits per heavy atom. The summed E-state index contributed by atoms with van der Waals surface area (Å²) in [6.45, 7) is 2.19. The fraction of sp³-hybridized carbons (Fsp3) is 0.500. The highest BCUT2D eigenvalue weighted by atomic mass is 32.2. The van der Waals surface area contributed by atoms with Crippen LogP contribution in [0.1, 0.15) is 19.8 Å². The molecule has 0 aromatic heterocycles. The van der Waals surface area contributed by atoms with Crippen LogP contribution in [0, 0.1) is 0 Å². The molecule has 1 aliphatic heterocycles. The van der Waals surface area contributed by atoms with Gasteiger partial charge in [-0.15, -0.1) is 0 Å². The van der Waals surface area contributed by atoms with Crippen LogP contribution in [0.15, 0.2) is 29.2 Å². The van der Waals surface area contributed by atoms with E-state index in [-0.39, 0.29) is 17.1 Å². The van der Waals surface area contributed by atoms with Crippen molar-refractivity contribution in [3.05, 3.63) is 24.3 Å². The second-order valence-corrected chi connectivity index (χ2v) is 6.88. The van der Waals surface area contributed by atoms with Crippen LogP contribution in [0.2, 0.25) is 0 Å². The van der Waals surface area contributed by atoms with Gasteiger partial charge in [0, 0.05) is 13.1 Å². The van der Waals surface area contributed by atoms with E-state index in [4.69, 9.17) is 5.73 Å². The van der Waals surface area contributed by atoms with Crippen molar-refractivity contribution in [1.29, 1.82) is 0 Å². The standard InChI is InChI=1S/C12H18N2O3S/c1-12(15)7-4-8-14(9-12)18(16,17)11-6-3-2-5-10(11)13/h2-3,5-6,15H,4,7-9,13H2,1H3. The van der Waals surface area contributed by atoms with E-state index in [0.717, 1.165) is 0 Å². The van der Waals surface area contributed by atoms with E-state index >= 15 is 0 Å². The van der Waals surface area contributed by atoms with Gasteiger partial charge in [-0.1, -0.05) is 12.1 Å². The second kappa shape index (κ2) is 4.53. The molecule has 3 N–H and O–H groups in total. The van der Waals surface area contributed by atoms with Crippen molar-refractivity contribution >= 4 is 15.7 Å². The first-order valence-electron chi connectivity index (χ1n) is 5.90. The van der Waals surface area contributed by atoms with Crippen LogP contribution in [0.5, 0.6) is 0 Å². The fourth-order valence-electron chi connectivity index (χ4n) is 2.23. The minimum Gasteiger partial charge on any atom is -0.398 e.